The molecule has 140 valence electrons. The Balaban J connectivity index is 1.44. The molecule has 2 fully saturated rings. The van der Waals surface area contributed by atoms with Crippen LogP contribution in [-0.4, -0.2) is 48.9 Å². The summed E-state index contributed by atoms with van der Waals surface area (Å²) in [7, 11) is 0. The van der Waals surface area contributed by atoms with Crippen molar-refractivity contribution in [3.63, 3.8) is 0 Å². The fraction of sp³-hybridized carbons (Fsp3) is 0.300. The highest BCUT2D eigenvalue weighted by molar-refractivity contribution is 9.10. The SMILES string of the molecule is O=C1CC(N2CCN(c3ccc(Cl)cc3)CC2)C(=O)N1c1cccc(Br)c1. The summed E-state index contributed by atoms with van der Waals surface area (Å²) in [6.07, 6.45) is 0.242. The number of nitrogens with zero attached hydrogens (tertiary/aromatic N) is 3. The second kappa shape index (κ2) is 7.62. The highest BCUT2D eigenvalue weighted by Crippen LogP contribution is 2.29. The lowest BCUT2D eigenvalue weighted by Crippen LogP contribution is -2.52. The molecule has 1 atom stereocenters. The van der Waals surface area contributed by atoms with E-state index in [4.69, 9.17) is 11.6 Å². The Morgan fingerprint density at radius 2 is 1.63 bits per heavy atom. The van der Waals surface area contributed by atoms with Crippen LogP contribution in [0.5, 0.6) is 0 Å². The minimum atomic E-state index is -0.371. The molecule has 1 unspecified atom stereocenters. The number of benzene rings is 2. The second-order valence-corrected chi connectivity index (χ2v) is 8.12. The van der Waals surface area contributed by atoms with Crippen LogP contribution in [0.4, 0.5) is 11.4 Å². The van der Waals surface area contributed by atoms with Gasteiger partial charge in [-0.25, -0.2) is 4.90 Å². The summed E-state index contributed by atoms with van der Waals surface area (Å²) in [6.45, 7) is 3.13. The molecular formula is C20H19BrClN3O2. The maximum atomic E-state index is 12.9. The highest BCUT2D eigenvalue weighted by Gasteiger charge is 2.43. The molecule has 2 saturated heterocycles. The Morgan fingerprint density at radius 1 is 0.926 bits per heavy atom. The van der Waals surface area contributed by atoms with E-state index in [0.29, 0.717) is 5.69 Å². The zero-order chi connectivity index (χ0) is 19.0. The van der Waals surface area contributed by atoms with E-state index in [1.54, 1.807) is 12.1 Å². The first-order valence-corrected chi connectivity index (χ1v) is 10.1. The van der Waals surface area contributed by atoms with E-state index in [1.165, 1.54) is 4.90 Å². The van der Waals surface area contributed by atoms with Crippen LogP contribution < -0.4 is 9.80 Å². The van der Waals surface area contributed by atoms with E-state index in [9.17, 15) is 9.59 Å². The molecule has 27 heavy (non-hydrogen) atoms. The summed E-state index contributed by atoms with van der Waals surface area (Å²) in [6, 6.07) is 14.7. The molecule has 2 aliphatic rings. The van der Waals surface area contributed by atoms with Crippen molar-refractivity contribution >= 4 is 50.7 Å². The molecular weight excluding hydrogens is 430 g/mol. The Kier molecular flexibility index (Phi) is 5.21. The molecule has 2 aliphatic heterocycles. The monoisotopic (exact) mass is 447 g/mol. The third-order valence-corrected chi connectivity index (χ3v) is 5.88. The van der Waals surface area contributed by atoms with Crippen molar-refractivity contribution in [1.82, 2.24) is 4.90 Å². The fourth-order valence-corrected chi connectivity index (χ4v) is 4.24. The number of halogens is 2. The average Bonchev–Trinajstić information content (AvgIpc) is 2.97. The van der Waals surface area contributed by atoms with E-state index in [2.05, 4.69) is 25.7 Å². The fourth-order valence-electron chi connectivity index (χ4n) is 3.73. The normalized spacial score (nSPS) is 21.2. The molecule has 2 aromatic carbocycles. The molecule has 0 aromatic heterocycles. The van der Waals surface area contributed by atoms with Crippen molar-refractivity contribution in [3.8, 4) is 0 Å². The van der Waals surface area contributed by atoms with Crippen LogP contribution in [-0.2, 0) is 9.59 Å². The van der Waals surface area contributed by atoms with Gasteiger partial charge in [-0.15, -0.1) is 0 Å². The molecule has 0 aliphatic carbocycles. The minimum absolute atomic E-state index is 0.127. The Hall–Kier alpha value is -1.89. The number of imide groups is 1. The number of piperazine rings is 1. The van der Waals surface area contributed by atoms with Gasteiger partial charge in [-0.05, 0) is 42.5 Å². The summed E-state index contributed by atoms with van der Waals surface area (Å²) in [5, 5.41) is 0.722. The van der Waals surface area contributed by atoms with Gasteiger partial charge in [0, 0.05) is 41.4 Å². The molecule has 7 heteroatoms. The number of rotatable bonds is 3. The number of hydrogen-bond acceptors (Lipinski definition) is 4. The smallest absolute Gasteiger partial charge is 0.251 e. The average molecular weight is 449 g/mol. The summed E-state index contributed by atoms with van der Waals surface area (Å²) in [4.78, 5) is 31.2. The van der Waals surface area contributed by atoms with Crippen LogP contribution in [0.25, 0.3) is 0 Å². The Labute approximate surface area is 171 Å². The number of carbonyl (C=O) groups is 2. The quantitative estimate of drug-likeness (QED) is 0.674. The van der Waals surface area contributed by atoms with Crippen molar-refractivity contribution in [2.24, 2.45) is 0 Å². The minimum Gasteiger partial charge on any atom is -0.369 e. The number of hydrogen-bond donors (Lipinski definition) is 0. The lowest BCUT2D eigenvalue weighted by Gasteiger charge is -2.38. The predicted molar refractivity (Wildman–Crippen MR) is 110 cm³/mol. The Bertz CT molecular complexity index is 866. The zero-order valence-corrected chi connectivity index (χ0v) is 17.0. The number of carbonyl (C=O) groups excluding carboxylic acids is 2. The van der Waals surface area contributed by atoms with Crippen molar-refractivity contribution in [1.29, 1.82) is 0 Å². The van der Waals surface area contributed by atoms with Gasteiger partial charge in [0.2, 0.25) is 5.91 Å². The van der Waals surface area contributed by atoms with Gasteiger partial charge in [0.25, 0.3) is 5.91 Å². The summed E-state index contributed by atoms with van der Waals surface area (Å²) < 4.78 is 0.848. The molecule has 2 amide bonds. The van der Waals surface area contributed by atoms with E-state index in [-0.39, 0.29) is 24.3 Å². The molecule has 5 nitrogen and oxygen atoms in total. The summed E-state index contributed by atoms with van der Waals surface area (Å²) in [5.41, 5.74) is 1.75. The third kappa shape index (κ3) is 3.74. The lowest BCUT2D eigenvalue weighted by molar-refractivity contribution is -0.123. The number of anilines is 2. The molecule has 0 N–H and O–H groups in total. The number of amides is 2. The van der Waals surface area contributed by atoms with Crippen LogP contribution in [0.1, 0.15) is 6.42 Å². The van der Waals surface area contributed by atoms with Gasteiger partial charge in [-0.1, -0.05) is 33.6 Å². The van der Waals surface area contributed by atoms with Gasteiger partial charge in [0.05, 0.1) is 18.2 Å². The maximum absolute atomic E-state index is 12.9. The molecule has 0 bridgehead atoms. The van der Waals surface area contributed by atoms with Gasteiger partial charge in [-0.2, -0.15) is 0 Å². The van der Waals surface area contributed by atoms with Crippen LogP contribution in [0.15, 0.2) is 53.0 Å². The second-order valence-electron chi connectivity index (χ2n) is 6.77. The zero-order valence-electron chi connectivity index (χ0n) is 14.6. The van der Waals surface area contributed by atoms with E-state index < -0.39 is 0 Å². The van der Waals surface area contributed by atoms with Gasteiger partial charge in [0.15, 0.2) is 0 Å². The molecule has 0 radical (unpaired) electrons. The summed E-state index contributed by atoms with van der Waals surface area (Å²) >= 11 is 9.36. The molecule has 0 saturated carbocycles. The van der Waals surface area contributed by atoms with Gasteiger partial charge >= 0.3 is 0 Å². The van der Waals surface area contributed by atoms with Crippen molar-refractivity contribution in [2.45, 2.75) is 12.5 Å². The van der Waals surface area contributed by atoms with Crippen molar-refractivity contribution in [2.75, 3.05) is 36.0 Å². The van der Waals surface area contributed by atoms with E-state index in [1.807, 2.05) is 36.4 Å². The molecule has 2 aromatic rings. The third-order valence-electron chi connectivity index (χ3n) is 5.14. The Morgan fingerprint density at radius 3 is 2.30 bits per heavy atom. The van der Waals surface area contributed by atoms with Crippen LogP contribution in [0.3, 0.4) is 0 Å². The van der Waals surface area contributed by atoms with Gasteiger partial charge in [0.1, 0.15) is 0 Å². The van der Waals surface area contributed by atoms with E-state index in [0.717, 1.165) is 41.4 Å². The van der Waals surface area contributed by atoms with Crippen LogP contribution in [0, 0.1) is 0 Å². The predicted octanol–water partition coefficient (Wildman–Crippen LogP) is 3.56. The van der Waals surface area contributed by atoms with Crippen LogP contribution >= 0.6 is 27.5 Å². The van der Waals surface area contributed by atoms with Gasteiger partial charge < -0.3 is 4.90 Å². The largest absolute Gasteiger partial charge is 0.369 e. The molecule has 4 rings (SSSR count). The van der Waals surface area contributed by atoms with E-state index >= 15 is 0 Å². The summed E-state index contributed by atoms with van der Waals surface area (Å²) in [5.74, 6) is -0.263. The maximum Gasteiger partial charge on any atom is 0.251 e. The lowest BCUT2D eigenvalue weighted by atomic mass is 10.1. The van der Waals surface area contributed by atoms with Crippen molar-refractivity contribution < 1.29 is 9.59 Å². The first kappa shape index (κ1) is 18.5. The van der Waals surface area contributed by atoms with Crippen LogP contribution in [0.2, 0.25) is 5.02 Å². The standard InChI is InChI=1S/C20H19BrClN3O2/c21-14-2-1-3-17(12-14)25-19(26)13-18(20(25)27)24-10-8-23(9-11-24)16-6-4-15(22)5-7-16/h1-7,12,18H,8-11,13H2. The van der Waals surface area contributed by atoms with Gasteiger partial charge in [-0.3, -0.25) is 14.5 Å². The molecule has 0 spiro atoms. The van der Waals surface area contributed by atoms with Crippen molar-refractivity contribution in [3.05, 3.63) is 58.0 Å². The first-order valence-electron chi connectivity index (χ1n) is 8.90. The topological polar surface area (TPSA) is 43.9 Å². The highest BCUT2D eigenvalue weighted by atomic mass is 79.9. The molecule has 2 heterocycles. The first-order chi connectivity index (χ1) is 13.0.